The van der Waals surface area contributed by atoms with Crippen molar-refractivity contribution in [2.75, 3.05) is 12.4 Å². The van der Waals surface area contributed by atoms with E-state index in [4.69, 9.17) is 5.73 Å². The first-order valence-electron chi connectivity index (χ1n) is 8.74. The normalized spacial score (nSPS) is 12.6. The molecule has 140 valence electrons. The second-order valence-corrected chi connectivity index (χ2v) is 6.72. The zero-order valence-corrected chi connectivity index (χ0v) is 17.3. The predicted octanol–water partition coefficient (Wildman–Crippen LogP) is 5.59. The van der Waals surface area contributed by atoms with Gasteiger partial charge in [0.2, 0.25) is 0 Å². The van der Waals surface area contributed by atoms with E-state index in [-0.39, 0.29) is 0 Å². The minimum absolute atomic E-state index is 0.449. The Morgan fingerprint density at radius 3 is 2.37 bits per heavy atom. The lowest BCUT2D eigenvalue weighted by Gasteiger charge is -2.14. The van der Waals surface area contributed by atoms with E-state index in [0.717, 1.165) is 39.2 Å². The molecular formula is C22H25BrN4. The van der Waals surface area contributed by atoms with Gasteiger partial charge in [0.25, 0.3) is 0 Å². The van der Waals surface area contributed by atoms with E-state index in [1.54, 1.807) is 6.08 Å². The number of anilines is 1. The van der Waals surface area contributed by atoms with E-state index in [1.807, 2.05) is 55.6 Å². The van der Waals surface area contributed by atoms with Gasteiger partial charge in [0.1, 0.15) is 5.84 Å². The van der Waals surface area contributed by atoms with Crippen molar-refractivity contribution in [1.29, 1.82) is 0 Å². The maximum Gasteiger partial charge on any atom is 0.125 e. The Hall–Kier alpha value is -2.79. The number of nitrogens with two attached hydrogens (primary N) is 1. The standard InChI is InChI=1S/C22H25BrN4/c1-4-6-21(16-7-11-19(25-3)12-8-16)26-18(5-2)15-22(24)27-20-13-9-17(23)10-14-20/h4,6-15,25-26H,1,5H2,2-3H3,(H2,24,27)/b18-15?,21-6-. The van der Waals surface area contributed by atoms with E-state index in [1.165, 1.54) is 0 Å². The number of hydrogen-bond donors (Lipinski definition) is 3. The quantitative estimate of drug-likeness (QED) is 0.294. The molecule has 0 radical (unpaired) electrons. The van der Waals surface area contributed by atoms with Crippen LogP contribution in [0.5, 0.6) is 0 Å². The van der Waals surface area contributed by atoms with Gasteiger partial charge in [0.15, 0.2) is 0 Å². The second kappa shape index (κ2) is 10.4. The Kier molecular flexibility index (Phi) is 7.89. The molecule has 0 saturated carbocycles. The lowest BCUT2D eigenvalue weighted by Crippen LogP contribution is -2.16. The maximum absolute atomic E-state index is 6.12. The monoisotopic (exact) mass is 424 g/mol. The van der Waals surface area contributed by atoms with Crippen LogP contribution in [0.2, 0.25) is 0 Å². The average Bonchev–Trinajstić information content (AvgIpc) is 2.68. The number of nitrogens with zero attached hydrogens (tertiary/aromatic N) is 1. The van der Waals surface area contributed by atoms with Gasteiger partial charge in [0.05, 0.1) is 5.69 Å². The smallest absolute Gasteiger partial charge is 0.125 e. The minimum atomic E-state index is 0.449. The molecule has 2 rings (SSSR count). The van der Waals surface area contributed by atoms with E-state index >= 15 is 0 Å². The van der Waals surface area contributed by atoms with Crippen molar-refractivity contribution in [3.8, 4) is 0 Å². The summed E-state index contributed by atoms with van der Waals surface area (Å²) in [6.07, 6.45) is 6.36. The fraction of sp³-hybridized carbons (Fsp3) is 0.136. The molecule has 0 saturated heterocycles. The largest absolute Gasteiger partial charge is 0.388 e. The van der Waals surface area contributed by atoms with Gasteiger partial charge in [-0.05, 0) is 60.5 Å². The summed E-state index contributed by atoms with van der Waals surface area (Å²) >= 11 is 3.42. The minimum Gasteiger partial charge on any atom is -0.388 e. The van der Waals surface area contributed by atoms with Crippen molar-refractivity contribution in [2.45, 2.75) is 13.3 Å². The molecule has 0 aromatic heterocycles. The lowest BCUT2D eigenvalue weighted by molar-refractivity contribution is 0.960. The van der Waals surface area contributed by atoms with Crippen LogP contribution in [0.15, 0.2) is 88.5 Å². The van der Waals surface area contributed by atoms with Gasteiger partial charge in [0, 0.05) is 28.6 Å². The molecule has 0 fully saturated rings. The molecule has 5 heteroatoms. The maximum atomic E-state index is 6.12. The molecule has 0 unspecified atom stereocenters. The number of rotatable bonds is 8. The highest BCUT2D eigenvalue weighted by atomic mass is 79.9. The van der Waals surface area contributed by atoms with Crippen LogP contribution < -0.4 is 16.4 Å². The summed E-state index contributed by atoms with van der Waals surface area (Å²) in [6.45, 7) is 5.89. The van der Waals surface area contributed by atoms with Crippen molar-refractivity contribution in [1.82, 2.24) is 5.32 Å². The lowest BCUT2D eigenvalue weighted by atomic mass is 10.1. The topological polar surface area (TPSA) is 62.4 Å². The highest BCUT2D eigenvalue weighted by molar-refractivity contribution is 9.10. The number of amidine groups is 1. The molecule has 0 atom stereocenters. The summed E-state index contributed by atoms with van der Waals surface area (Å²) in [5, 5.41) is 6.57. The zero-order valence-electron chi connectivity index (χ0n) is 15.7. The number of nitrogens with one attached hydrogen (secondary N) is 2. The fourth-order valence-electron chi connectivity index (χ4n) is 2.42. The molecule has 0 spiro atoms. The molecule has 0 bridgehead atoms. The van der Waals surface area contributed by atoms with Gasteiger partial charge < -0.3 is 16.4 Å². The highest BCUT2D eigenvalue weighted by Gasteiger charge is 2.04. The molecule has 0 aliphatic heterocycles. The predicted molar refractivity (Wildman–Crippen MR) is 121 cm³/mol. The molecule has 4 nitrogen and oxygen atoms in total. The molecule has 0 heterocycles. The second-order valence-electron chi connectivity index (χ2n) is 5.80. The highest BCUT2D eigenvalue weighted by Crippen LogP contribution is 2.19. The number of benzene rings is 2. The van der Waals surface area contributed by atoms with Gasteiger partial charge in [-0.15, -0.1) is 0 Å². The summed E-state index contributed by atoms with van der Waals surface area (Å²) in [4.78, 5) is 4.45. The summed E-state index contributed by atoms with van der Waals surface area (Å²) in [5.74, 6) is 0.449. The van der Waals surface area contributed by atoms with Crippen LogP contribution >= 0.6 is 15.9 Å². The molecule has 27 heavy (non-hydrogen) atoms. The van der Waals surface area contributed by atoms with Gasteiger partial charge in [-0.2, -0.15) is 0 Å². The van der Waals surface area contributed by atoms with Crippen LogP contribution in [0.25, 0.3) is 5.70 Å². The Morgan fingerprint density at radius 1 is 1.15 bits per heavy atom. The molecule has 0 amide bonds. The first-order valence-corrected chi connectivity index (χ1v) is 9.53. The zero-order chi connectivity index (χ0) is 19.6. The third-order valence-corrected chi connectivity index (χ3v) is 4.38. The Balaban J connectivity index is 2.22. The van der Waals surface area contributed by atoms with Crippen LogP contribution in [0.3, 0.4) is 0 Å². The van der Waals surface area contributed by atoms with Crippen molar-refractivity contribution in [2.24, 2.45) is 10.7 Å². The van der Waals surface area contributed by atoms with E-state index in [2.05, 4.69) is 57.2 Å². The molecule has 0 aliphatic carbocycles. The van der Waals surface area contributed by atoms with Gasteiger partial charge in [-0.1, -0.05) is 47.6 Å². The van der Waals surface area contributed by atoms with Crippen molar-refractivity contribution in [3.05, 3.63) is 89.1 Å². The summed E-state index contributed by atoms with van der Waals surface area (Å²) in [7, 11) is 1.90. The number of aliphatic imine (C=N–C) groups is 1. The number of allylic oxidation sites excluding steroid dienone is 3. The van der Waals surface area contributed by atoms with Crippen LogP contribution in [0.4, 0.5) is 11.4 Å². The third kappa shape index (κ3) is 6.46. The van der Waals surface area contributed by atoms with E-state index < -0.39 is 0 Å². The third-order valence-electron chi connectivity index (χ3n) is 3.85. The van der Waals surface area contributed by atoms with Gasteiger partial charge in [-0.3, -0.25) is 0 Å². The van der Waals surface area contributed by atoms with Crippen molar-refractivity contribution < 1.29 is 0 Å². The SMILES string of the molecule is C=C/C=C(\NC(=CC(N)=Nc1ccc(Br)cc1)CC)c1ccc(NC)cc1. The van der Waals surface area contributed by atoms with Crippen LogP contribution in [-0.2, 0) is 0 Å². The van der Waals surface area contributed by atoms with Crippen LogP contribution in [-0.4, -0.2) is 12.9 Å². The molecular weight excluding hydrogens is 400 g/mol. The van der Waals surface area contributed by atoms with Gasteiger partial charge in [-0.25, -0.2) is 4.99 Å². The van der Waals surface area contributed by atoms with Crippen molar-refractivity contribution >= 4 is 38.8 Å². The fourth-order valence-corrected chi connectivity index (χ4v) is 2.68. The molecule has 0 aliphatic rings. The molecule has 2 aromatic rings. The summed E-state index contributed by atoms with van der Waals surface area (Å²) in [5.41, 5.74) is 11.0. The first-order chi connectivity index (χ1) is 13.0. The molecule has 4 N–H and O–H groups in total. The molecule has 2 aromatic carbocycles. The van der Waals surface area contributed by atoms with Crippen molar-refractivity contribution in [3.63, 3.8) is 0 Å². The van der Waals surface area contributed by atoms with Crippen LogP contribution in [0.1, 0.15) is 18.9 Å². The summed E-state index contributed by atoms with van der Waals surface area (Å²) in [6, 6.07) is 15.9. The first kappa shape index (κ1) is 20.5. The van der Waals surface area contributed by atoms with E-state index in [0.29, 0.717) is 5.84 Å². The Bertz CT molecular complexity index is 847. The van der Waals surface area contributed by atoms with Gasteiger partial charge >= 0.3 is 0 Å². The summed E-state index contributed by atoms with van der Waals surface area (Å²) < 4.78 is 1.01. The Morgan fingerprint density at radius 2 is 1.81 bits per heavy atom. The number of hydrogen-bond acceptors (Lipinski definition) is 3. The number of halogens is 1. The van der Waals surface area contributed by atoms with E-state index in [9.17, 15) is 0 Å². The average molecular weight is 425 g/mol. The Labute approximate surface area is 169 Å². The van der Waals surface area contributed by atoms with Crippen LogP contribution in [0, 0.1) is 0 Å².